The number of carbonyl (C=O) groups excluding carboxylic acids is 2. The van der Waals surface area contributed by atoms with Gasteiger partial charge in [-0.05, 0) is 47.0 Å². The number of nitrogens with one attached hydrogen (secondary N) is 1. The van der Waals surface area contributed by atoms with Crippen molar-refractivity contribution in [2.45, 2.75) is 32.2 Å². The van der Waals surface area contributed by atoms with Gasteiger partial charge in [0.15, 0.2) is 17.4 Å². The molecule has 4 aromatic rings. The Bertz CT molecular complexity index is 1490. The van der Waals surface area contributed by atoms with Crippen LogP contribution in [0.5, 0.6) is 11.5 Å². The Morgan fingerprint density at radius 3 is 2.42 bits per heavy atom. The maximum Gasteiger partial charge on any atom is 0.324 e. The zero-order chi connectivity index (χ0) is 27.0. The zero-order valence-corrected chi connectivity index (χ0v) is 21.7. The van der Waals surface area contributed by atoms with E-state index >= 15 is 0 Å². The molecule has 5 rings (SSSR count). The third-order valence-electron chi connectivity index (χ3n) is 6.40. The number of rotatable bonds is 7. The maximum absolute atomic E-state index is 13.3. The first-order chi connectivity index (χ1) is 18.2. The van der Waals surface area contributed by atoms with Gasteiger partial charge in [-0.25, -0.2) is 4.39 Å². The average molecular weight is 538 g/mol. The van der Waals surface area contributed by atoms with Crippen LogP contribution in [0.1, 0.15) is 36.5 Å². The van der Waals surface area contributed by atoms with E-state index in [4.69, 9.17) is 30.5 Å². The number of para-hydroxylation sites is 1. The van der Waals surface area contributed by atoms with Gasteiger partial charge < -0.3 is 23.9 Å². The monoisotopic (exact) mass is 537 g/mol. The Kier molecular flexibility index (Phi) is 6.75. The van der Waals surface area contributed by atoms with Crippen LogP contribution in [-0.4, -0.2) is 29.8 Å². The largest absolute Gasteiger partial charge is 0.493 e. The molecule has 0 radical (unpaired) electrons. The predicted molar refractivity (Wildman–Crippen MR) is 139 cm³/mol. The molecule has 0 bridgehead atoms. The van der Waals surface area contributed by atoms with Gasteiger partial charge in [-0.15, -0.1) is 0 Å². The maximum atomic E-state index is 13.3. The molecular weight excluding hydrogens is 513 g/mol. The smallest absolute Gasteiger partial charge is 0.324 e. The third-order valence-corrected chi connectivity index (χ3v) is 6.68. The summed E-state index contributed by atoms with van der Waals surface area (Å²) in [5.74, 6) is -4.63. The second kappa shape index (κ2) is 10.0. The molecule has 9 heteroatoms. The molecule has 38 heavy (non-hydrogen) atoms. The van der Waals surface area contributed by atoms with E-state index in [0.717, 1.165) is 16.5 Å². The average Bonchev–Trinajstić information content (AvgIpc) is 3.29. The molecule has 0 aliphatic carbocycles. The van der Waals surface area contributed by atoms with E-state index < -0.39 is 29.6 Å². The summed E-state index contributed by atoms with van der Waals surface area (Å²) >= 11 is 6.68. The number of hydrogen-bond donors (Lipinski definition) is 1. The van der Waals surface area contributed by atoms with Crippen LogP contribution in [0.2, 0.25) is 5.02 Å². The number of hydrogen-bond acceptors (Lipinski definition) is 6. The summed E-state index contributed by atoms with van der Waals surface area (Å²) in [6.07, 6.45) is 1.76. The van der Waals surface area contributed by atoms with Crippen molar-refractivity contribution in [1.29, 1.82) is 0 Å². The summed E-state index contributed by atoms with van der Waals surface area (Å²) in [6.45, 7) is 3.14. The Morgan fingerprint density at radius 1 is 1.05 bits per heavy atom. The van der Waals surface area contributed by atoms with Crippen LogP contribution in [0.3, 0.4) is 0 Å². The van der Waals surface area contributed by atoms with Crippen molar-refractivity contribution in [3.63, 3.8) is 0 Å². The van der Waals surface area contributed by atoms with E-state index in [2.05, 4.69) is 4.98 Å². The fourth-order valence-corrected chi connectivity index (χ4v) is 4.97. The predicted octanol–water partition coefficient (Wildman–Crippen LogP) is 6.13. The molecule has 1 N–H and O–H groups in total. The molecule has 1 fully saturated rings. The molecular formula is C29H25ClFNO6. The Labute approximate surface area is 223 Å². The van der Waals surface area contributed by atoms with Crippen molar-refractivity contribution in [2.75, 3.05) is 7.11 Å². The lowest BCUT2D eigenvalue weighted by Crippen LogP contribution is -2.48. The standard InChI is InChI=1S/C29H25ClFNO6/c1-29(2)37-27(33)25(28(34)38-29)24(20-14-32-22-7-5-4-6-19(20)22)17-12-21(30)26(23(13-17)35-3)36-15-16-8-10-18(31)11-9-16/h4-14,24-25,32H,15H2,1-3H3/t24-/m1/s1. The lowest BCUT2D eigenvalue weighted by Gasteiger charge is -2.36. The van der Waals surface area contributed by atoms with Crippen LogP contribution >= 0.6 is 11.6 Å². The number of aromatic amines is 1. The van der Waals surface area contributed by atoms with Gasteiger partial charge in [0.2, 0.25) is 0 Å². The van der Waals surface area contributed by atoms with Crippen LogP contribution < -0.4 is 9.47 Å². The molecule has 0 spiro atoms. The van der Waals surface area contributed by atoms with E-state index in [-0.39, 0.29) is 23.2 Å². The lowest BCUT2D eigenvalue weighted by atomic mass is 9.79. The topological polar surface area (TPSA) is 86.9 Å². The highest BCUT2D eigenvalue weighted by molar-refractivity contribution is 6.32. The number of ether oxygens (including phenoxy) is 4. The summed E-state index contributed by atoms with van der Waals surface area (Å²) < 4.78 is 35.7. The van der Waals surface area contributed by atoms with Crippen molar-refractivity contribution < 1.29 is 32.9 Å². The molecule has 196 valence electrons. The molecule has 2 heterocycles. The Balaban J connectivity index is 1.59. The van der Waals surface area contributed by atoms with E-state index in [1.54, 1.807) is 30.5 Å². The summed E-state index contributed by atoms with van der Waals surface area (Å²) in [5.41, 5.74) is 2.80. The first-order valence-corrected chi connectivity index (χ1v) is 12.3. The van der Waals surface area contributed by atoms with E-state index in [1.165, 1.54) is 33.1 Å². The van der Waals surface area contributed by atoms with Gasteiger partial charge in [-0.2, -0.15) is 0 Å². The molecule has 1 saturated heterocycles. The van der Waals surface area contributed by atoms with Crippen molar-refractivity contribution in [3.8, 4) is 11.5 Å². The van der Waals surface area contributed by atoms with Gasteiger partial charge >= 0.3 is 11.9 Å². The number of cyclic esters (lactones) is 2. The van der Waals surface area contributed by atoms with Gasteiger partial charge in [-0.1, -0.05) is 41.9 Å². The van der Waals surface area contributed by atoms with Crippen LogP contribution in [0, 0.1) is 11.7 Å². The number of aromatic nitrogens is 1. The summed E-state index contributed by atoms with van der Waals surface area (Å²) in [4.78, 5) is 29.6. The number of methoxy groups -OCH3 is 1. The normalized spacial score (nSPS) is 16.1. The minimum Gasteiger partial charge on any atom is -0.493 e. The van der Waals surface area contributed by atoms with E-state index in [9.17, 15) is 14.0 Å². The van der Waals surface area contributed by atoms with Gasteiger partial charge in [0.05, 0.1) is 12.1 Å². The molecule has 0 unspecified atom stereocenters. The Hall–Kier alpha value is -4.04. The summed E-state index contributed by atoms with van der Waals surface area (Å²) in [6, 6.07) is 16.8. The van der Waals surface area contributed by atoms with Gasteiger partial charge in [0.25, 0.3) is 5.79 Å². The first kappa shape index (κ1) is 25.6. The fourth-order valence-electron chi connectivity index (χ4n) is 4.70. The van der Waals surface area contributed by atoms with Crippen LogP contribution in [0.25, 0.3) is 10.9 Å². The number of benzene rings is 3. The summed E-state index contributed by atoms with van der Waals surface area (Å²) in [7, 11) is 1.46. The number of esters is 2. The van der Waals surface area contributed by atoms with Crippen LogP contribution in [0.4, 0.5) is 4.39 Å². The number of halogens is 2. The van der Waals surface area contributed by atoms with Crippen LogP contribution in [-0.2, 0) is 25.7 Å². The molecule has 0 amide bonds. The highest BCUT2D eigenvalue weighted by atomic mass is 35.5. The third kappa shape index (κ3) is 4.91. The Morgan fingerprint density at radius 2 is 1.74 bits per heavy atom. The quantitative estimate of drug-likeness (QED) is 0.225. The first-order valence-electron chi connectivity index (χ1n) is 11.9. The van der Waals surface area contributed by atoms with Gasteiger partial charge in [0, 0.05) is 36.9 Å². The fraction of sp³-hybridized carbons (Fsp3) is 0.241. The second-order valence-electron chi connectivity index (χ2n) is 9.44. The van der Waals surface area contributed by atoms with E-state index in [1.807, 2.05) is 24.3 Å². The number of fused-ring (bicyclic) bond motifs is 1. The molecule has 3 aromatic carbocycles. The van der Waals surface area contributed by atoms with Crippen LogP contribution in [0.15, 0.2) is 66.9 Å². The van der Waals surface area contributed by atoms with Crippen molar-refractivity contribution in [2.24, 2.45) is 5.92 Å². The molecule has 1 atom stereocenters. The highest BCUT2D eigenvalue weighted by Crippen LogP contribution is 2.45. The molecule has 1 aromatic heterocycles. The minimum atomic E-state index is -1.37. The highest BCUT2D eigenvalue weighted by Gasteiger charge is 2.49. The van der Waals surface area contributed by atoms with Crippen molar-refractivity contribution >= 4 is 34.4 Å². The zero-order valence-electron chi connectivity index (χ0n) is 20.9. The molecule has 0 saturated carbocycles. The second-order valence-corrected chi connectivity index (χ2v) is 9.84. The van der Waals surface area contributed by atoms with Gasteiger partial charge in [-0.3, -0.25) is 9.59 Å². The number of carbonyl (C=O) groups is 2. The minimum absolute atomic E-state index is 0.123. The van der Waals surface area contributed by atoms with Crippen molar-refractivity contribution in [1.82, 2.24) is 4.98 Å². The molecule has 1 aliphatic heterocycles. The lowest BCUT2D eigenvalue weighted by molar-refractivity contribution is -0.240. The SMILES string of the molecule is COc1cc([C@H](c2c[nH]c3ccccc23)C2C(=O)OC(C)(C)OC2=O)cc(Cl)c1OCc1ccc(F)cc1. The van der Waals surface area contributed by atoms with Gasteiger partial charge in [0.1, 0.15) is 12.4 Å². The number of H-pyrrole nitrogens is 1. The molecule has 7 nitrogen and oxygen atoms in total. The molecule has 1 aliphatic rings. The summed E-state index contributed by atoms with van der Waals surface area (Å²) in [5, 5.41) is 1.04. The van der Waals surface area contributed by atoms with E-state index in [0.29, 0.717) is 16.9 Å². The van der Waals surface area contributed by atoms with Crippen molar-refractivity contribution in [3.05, 3.63) is 94.4 Å².